The molecule has 1 aromatic heterocycles. The molecular formula is C18H24N4OS. The van der Waals surface area contributed by atoms with Crippen LogP contribution < -0.4 is 15.5 Å². The lowest BCUT2D eigenvalue weighted by atomic mass is 9.90. The van der Waals surface area contributed by atoms with Gasteiger partial charge >= 0.3 is 0 Å². The second kappa shape index (κ2) is 7.77. The number of thiazole rings is 1. The Morgan fingerprint density at radius 1 is 1.46 bits per heavy atom. The fraction of sp³-hybridized carbons (Fsp3) is 0.444. The van der Waals surface area contributed by atoms with Gasteiger partial charge in [0.1, 0.15) is 0 Å². The molecule has 6 heteroatoms. The summed E-state index contributed by atoms with van der Waals surface area (Å²) in [5, 5.41) is 9.33. The zero-order valence-corrected chi connectivity index (χ0v) is 15.0. The highest BCUT2D eigenvalue weighted by molar-refractivity contribution is 7.13. The molecule has 1 amide bonds. The third-order valence-electron chi connectivity index (χ3n) is 4.27. The molecule has 3 rings (SSSR count). The number of anilines is 1. The van der Waals surface area contributed by atoms with Crippen molar-refractivity contribution in [1.82, 2.24) is 15.6 Å². The maximum atomic E-state index is 12.4. The Morgan fingerprint density at radius 3 is 3.04 bits per heavy atom. The van der Waals surface area contributed by atoms with Crippen molar-refractivity contribution in [3.63, 3.8) is 0 Å². The summed E-state index contributed by atoms with van der Waals surface area (Å²) in [5.41, 5.74) is 2.87. The lowest BCUT2D eigenvalue weighted by molar-refractivity contribution is 0.0950. The topological polar surface area (TPSA) is 57.3 Å². The van der Waals surface area contributed by atoms with Gasteiger partial charge in [0.2, 0.25) is 0 Å². The van der Waals surface area contributed by atoms with Crippen molar-refractivity contribution in [2.75, 3.05) is 32.1 Å². The molecule has 0 unspecified atom stereocenters. The Balaban J connectivity index is 1.61. The van der Waals surface area contributed by atoms with E-state index >= 15 is 0 Å². The number of aromatic nitrogens is 1. The summed E-state index contributed by atoms with van der Waals surface area (Å²) in [5.74, 6) is 0.465. The van der Waals surface area contributed by atoms with Gasteiger partial charge in [-0.05, 0) is 43.0 Å². The molecule has 1 fully saturated rings. The first-order valence-electron chi connectivity index (χ1n) is 8.34. The number of nitrogens with one attached hydrogen (secondary N) is 2. The molecule has 0 aliphatic carbocycles. The van der Waals surface area contributed by atoms with Crippen LogP contribution in [0.2, 0.25) is 0 Å². The van der Waals surface area contributed by atoms with E-state index in [-0.39, 0.29) is 5.91 Å². The van der Waals surface area contributed by atoms with Gasteiger partial charge in [-0.2, -0.15) is 0 Å². The summed E-state index contributed by atoms with van der Waals surface area (Å²) in [6, 6.07) is 8.00. The molecule has 2 N–H and O–H groups in total. The molecule has 0 bridgehead atoms. The summed E-state index contributed by atoms with van der Waals surface area (Å²) in [4.78, 5) is 18.9. The van der Waals surface area contributed by atoms with Crippen LogP contribution in [0.15, 0.2) is 29.6 Å². The van der Waals surface area contributed by atoms with Gasteiger partial charge in [-0.3, -0.25) is 4.79 Å². The number of rotatable bonds is 5. The standard InChI is InChI=1S/C18H24N4OS/c1-22(2)18-21-16(12-24-18)11-20-17(23)14-6-3-5-13(9-14)15-7-4-8-19-10-15/h3,5-6,9,12,15,19H,4,7-8,10-11H2,1-2H3,(H,20,23)/t15-/m0/s1. The van der Waals surface area contributed by atoms with Crippen molar-refractivity contribution in [3.8, 4) is 0 Å². The van der Waals surface area contributed by atoms with Crippen LogP contribution in [0.5, 0.6) is 0 Å². The molecule has 0 radical (unpaired) electrons. The summed E-state index contributed by atoms with van der Waals surface area (Å²) in [6.45, 7) is 2.55. The first-order valence-corrected chi connectivity index (χ1v) is 9.22. The number of nitrogens with zero attached hydrogens (tertiary/aromatic N) is 2. The van der Waals surface area contributed by atoms with E-state index in [0.717, 1.165) is 29.5 Å². The Morgan fingerprint density at radius 2 is 2.33 bits per heavy atom. The minimum Gasteiger partial charge on any atom is -0.354 e. The predicted molar refractivity (Wildman–Crippen MR) is 98.9 cm³/mol. The van der Waals surface area contributed by atoms with Gasteiger partial charge < -0.3 is 15.5 Å². The molecule has 1 atom stereocenters. The molecule has 2 aromatic rings. The molecule has 0 saturated carbocycles. The third-order valence-corrected chi connectivity index (χ3v) is 5.33. The van der Waals surface area contributed by atoms with Gasteiger partial charge in [0.25, 0.3) is 5.91 Å². The molecule has 1 aliphatic heterocycles. The van der Waals surface area contributed by atoms with Crippen LogP contribution in [-0.4, -0.2) is 38.1 Å². The lowest BCUT2D eigenvalue weighted by Crippen LogP contribution is -2.28. The molecule has 24 heavy (non-hydrogen) atoms. The van der Waals surface area contributed by atoms with Crippen LogP contribution in [0.25, 0.3) is 0 Å². The van der Waals surface area contributed by atoms with Crippen molar-refractivity contribution >= 4 is 22.4 Å². The summed E-state index contributed by atoms with van der Waals surface area (Å²) >= 11 is 1.58. The zero-order chi connectivity index (χ0) is 16.9. The van der Waals surface area contributed by atoms with Gasteiger partial charge in [-0.25, -0.2) is 4.98 Å². The molecule has 1 aliphatic rings. The van der Waals surface area contributed by atoms with Crippen LogP contribution >= 0.6 is 11.3 Å². The van der Waals surface area contributed by atoms with Crippen LogP contribution in [0.4, 0.5) is 5.13 Å². The average molecular weight is 344 g/mol. The maximum Gasteiger partial charge on any atom is 0.251 e. The van der Waals surface area contributed by atoms with Gasteiger partial charge in [0, 0.05) is 31.6 Å². The maximum absolute atomic E-state index is 12.4. The van der Waals surface area contributed by atoms with Crippen LogP contribution in [0.3, 0.4) is 0 Å². The third kappa shape index (κ3) is 4.13. The Kier molecular flexibility index (Phi) is 5.48. The summed E-state index contributed by atoms with van der Waals surface area (Å²) in [6.07, 6.45) is 2.38. The highest BCUT2D eigenvalue weighted by Crippen LogP contribution is 2.24. The van der Waals surface area contributed by atoms with Crippen molar-refractivity contribution in [2.24, 2.45) is 0 Å². The largest absolute Gasteiger partial charge is 0.354 e. The number of amides is 1. The lowest BCUT2D eigenvalue weighted by Gasteiger charge is -2.23. The van der Waals surface area contributed by atoms with E-state index in [2.05, 4.69) is 21.7 Å². The summed E-state index contributed by atoms with van der Waals surface area (Å²) < 4.78 is 0. The van der Waals surface area contributed by atoms with E-state index in [0.29, 0.717) is 12.5 Å². The zero-order valence-electron chi connectivity index (χ0n) is 14.2. The molecule has 2 heterocycles. The van der Waals surface area contributed by atoms with Crippen molar-refractivity contribution in [2.45, 2.75) is 25.3 Å². The fourth-order valence-electron chi connectivity index (χ4n) is 2.93. The molecular weight excluding hydrogens is 320 g/mol. The number of piperidine rings is 1. The number of carbonyl (C=O) groups is 1. The smallest absolute Gasteiger partial charge is 0.251 e. The second-order valence-electron chi connectivity index (χ2n) is 6.37. The highest BCUT2D eigenvalue weighted by Gasteiger charge is 2.16. The van der Waals surface area contributed by atoms with Gasteiger partial charge in [0.15, 0.2) is 5.13 Å². The van der Waals surface area contributed by atoms with Gasteiger partial charge in [-0.15, -0.1) is 11.3 Å². The number of benzene rings is 1. The number of carbonyl (C=O) groups excluding carboxylic acids is 1. The number of hydrogen-bond donors (Lipinski definition) is 2. The van der Waals surface area contributed by atoms with Gasteiger partial charge in [0.05, 0.1) is 12.2 Å². The van der Waals surface area contributed by atoms with Crippen molar-refractivity contribution in [3.05, 3.63) is 46.5 Å². The van der Waals surface area contributed by atoms with Crippen LogP contribution in [0.1, 0.15) is 40.4 Å². The normalized spacial score (nSPS) is 17.5. The molecule has 0 spiro atoms. The first kappa shape index (κ1) is 16.9. The van der Waals surface area contributed by atoms with Crippen LogP contribution in [-0.2, 0) is 6.54 Å². The van der Waals surface area contributed by atoms with Crippen LogP contribution in [0, 0.1) is 0 Å². The van der Waals surface area contributed by atoms with E-state index in [9.17, 15) is 4.79 Å². The van der Waals surface area contributed by atoms with Crippen molar-refractivity contribution < 1.29 is 4.79 Å². The van der Waals surface area contributed by atoms with E-state index < -0.39 is 0 Å². The number of hydrogen-bond acceptors (Lipinski definition) is 5. The van der Waals surface area contributed by atoms with Gasteiger partial charge in [-0.1, -0.05) is 12.1 Å². The minimum atomic E-state index is -0.0416. The van der Waals surface area contributed by atoms with Crippen molar-refractivity contribution in [1.29, 1.82) is 0 Å². The van der Waals surface area contributed by atoms with E-state index in [1.807, 2.05) is 42.6 Å². The molecule has 5 nitrogen and oxygen atoms in total. The van der Waals surface area contributed by atoms with E-state index in [1.54, 1.807) is 11.3 Å². The first-order chi connectivity index (χ1) is 11.6. The predicted octanol–water partition coefficient (Wildman–Crippen LogP) is 2.61. The summed E-state index contributed by atoms with van der Waals surface area (Å²) in [7, 11) is 3.93. The molecule has 128 valence electrons. The molecule has 1 saturated heterocycles. The Bertz CT molecular complexity index is 692. The molecule has 1 aromatic carbocycles. The monoisotopic (exact) mass is 344 g/mol. The minimum absolute atomic E-state index is 0.0416. The van der Waals surface area contributed by atoms with E-state index in [4.69, 9.17) is 0 Å². The highest BCUT2D eigenvalue weighted by atomic mass is 32.1. The van der Waals surface area contributed by atoms with E-state index in [1.165, 1.54) is 18.4 Å². The Labute approximate surface area is 147 Å². The Hall–Kier alpha value is -1.92. The quantitative estimate of drug-likeness (QED) is 0.875. The SMILES string of the molecule is CN(C)c1nc(CNC(=O)c2cccc([C@H]3CCCNC3)c2)cs1. The second-order valence-corrected chi connectivity index (χ2v) is 7.20. The average Bonchev–Trinajstić information content (AvgIpc) is 3.10. The fourth-order valence-corrected chi connectivity index (χ4v) is 3.68.